The van der Waals surface area contributed by atoms with Gasteiger partial charge in [0.2, 0.25) is 5.91 Å². The maximum absolute atomic E-state index is 12.1. The molecule has 1 aromatic rings. The molecule has 134 valence electrons. The Balaban J connectivity index is 1.83. The maximum Gasteiger partial charge on any atom is 0.331 e. The summed E-state index contributed by atoms with van der Waals surface area (Å²) in [5.41, 5.74) is 5.88. The van der Waals surface area contributed by atoms with Gasteiger partial charge in [0.15, 0.2) is 6.61 Å². The summed E-state index contributed by atoms with van der Waals surface area (Å²) in [6.07, 6.45) is 4.03. The van der Waals surface area contributed by atoms with E-state index in [0.717, 1.165) is 0 Å². The van der Waals surface area contributed by atoms with Crippen molar-refractivity contribution in [1.82, 2.24) is 4.90 Å². The lowest BCUT2D eigenvalue weighted by molar-refractivity contribution is -0.149. The van der Waals surface area contributed by atoms with Crippen LogP contribution in [0.3, 0.4) is 0 Å². The fraction of sp³-hybridized carbons (Fsp3) is 0.353. The zero-order valence-corrected chi connectivity index (χ0v) is 14.9. The molecule has 2 amide bonds. The van der Waals surface area contributed by atoms with Gasteiger partial charge >= 0.3 is 5.97 Å². The van der Waals surface area contributed by atoms with E-state index in [0.29, 0.717) is 35.0 Å². The first-order valence-electron chi connectivity index (χ1n) is 7.74. The van der Waals surface area contributed by atoms with Crippen LogP contribution in [0.4, 0.5) is 0 Å². The van der Waals surface area contributed by atoms with E-state index in [2.05, 4.69) is 0 Å². The van der Waals surface area contributed by atoms with Crippen molar-refractivity contribution in [3.8, 4) is 0 Å². The number of piperidine rings is 1. The van der Waals surface area contributed by atoms with Crippen LogP contribution in [0.1, 0.15) is 18.4 Å². The van der Waals surface area contributed by atoms with E-state index < -0.39 is 11.9 Å². The Kier molecular flexibility index (Phi) is 6.84. The van der Waals surface area contributed by atoms with E-state index in [1.54, 1.807) is 18.2 Å². The third kappa shape index (κ3) is 5.76. The number of esters is 1. The molecular weight excluding hydrogens is 367 g/mol. The van der Waals surface area contributed by atoms with Crippen LogP contribution in [0.15, 0.2) is 24.3 Å². The molecule has 0 aromatic heterocycles. The molecule has 25 heavy (non-hydrogen) atoms. The van der Waals surface area contributed by atoms with Crippen LogP contribution < -0.4 is 5.73 Å². The Morgan fingerprint density at radius 1 is 1.32 bits per heavy atom. The molecule has 8 heteroatoms. The summed E-state index contributed by atoms with van der Waals surface area (Å²) < 4.78 is 4.94. The van der Waals surface area contributed by atoms with Gasteiger partial charge in [-0.25, -0.2) is 4.79 Å². The van der Waals surface area contributed by atoms with Gasteiger partial charge < -0.3 is 15.4 Å². The van der Waals surface area contributed by atoms with Crippen molar-refractivity contribution in [2.24, 2.45) is 11.7 Å². The van der Waals surface area contributed by atoms with Crippen LogP contribution in [0, 0.1) is 5.92 Å². The standard InChI is InChI=1S/C17H18Cl2N2O4/c18-13-5-3-11(14(19)8-13)4-6-16(23)25-10-15(22)21-7-1-2-12(9-21)17(20)24/h3-6,8,12H,1-2,7,9-10H2,(H2,20,24)/b6-4+/t12-/m1/s1. The van der Waals surface area contributed by atoms with Crippen LogP contribution in [0.5, 0.6) is 0 Å². The number of amides is 2. The van der Waals surface area contributed by atoms with E-state index in [1.165, 1.54) is 17.1 Å². The molecule has 2 rings (SSSR count). The molecule has 6 nitrogen and oxygen atoms in total. The zero-order chi connectivity index (χ0) is 18.4. The van der Waals surface area contributed by atoms with Gasteiger partial charge in [-0.15, -0.1) is 0 Å². The first kappa shape index (κ1) is 19.3. The Morgan fingerprint density at radius 2 is 2.08 bits per heavy atom. The van der Waals surface area contributed by atoms with Crippen molar-refractivity contribution < 1.29 is 19.1 Å². The molecule has 0 bridgehead atoms. The number of nitrogens with two attached hydrogens (primary N) is 1. The van der Waals surface area contributed by atoms with E-state index >= 15 is 0 Å². The lowest BCUT2D eigenvalue weighted by Crippen LogP contribution is -2.45. The molecule has 1 atom stereocenters. The molecule has 0 saturated carbocycles. The van der Waals surface area contributed by atoms with E-state index in [4.69, 9.17) is 33.7 Å². The zero-order valence-electron chi connectivity index (χ0n) is 13.4. The molecule has 0 aliphatic carbocycles. The fourth-order valence-corrected chi connectivity index (χ4v) is 2.97. The number of hydrogen-bond donors (Lipinski definition) is 1. The summed E-state index contributed by atoms with van der Waals surface area (Å²) in [4.78, 5) is 36.5. The number of nitrogens with zero attached hydrogens (tertiary/aromatic N) is 1. The second-order valence-corrected chi connectivity index (χ2v) is 6.53. The van der Waals surface area contributed by atoms with Crippen LogP contribution in [0.25, 0.3) is 6.08 Å². The van der Waals surface area contributed by atoms with Crippen LogP contribution in [0.2, 0.25) is 10.0 Å². The molecule has 1 heterocycles. The predicted molar refractivity (Wildman–Crippen MR) is 95.0 cm³/mol. The number of halogens is 2. The molecule has 1 aromatic carbocycles. The van der Waals surface area contributed by atoms with Crippen molar-refractivity contribution in [1.29, 1.82) is 0 Å². The first-order chi connectivity index (χ1) is 11.9. The third-order valence-electron chi connectivity index (χ3n) is 3.88. The molecule has 1 aliphatic heterocycles. The largest absolute Gasteiger partial charge is 0.452 e. The van der Waals surface area contributed by atoms with Gasteiger partial charge in [0.05, 0.1) is 5.92 Å². The van der Waals surface area contributed by atoms with Gasteiger partial charge in [-0.05, 0) is 36.6 Å². The minimum absolute atomic E-state index is 0.266. The quantitative estimate of drug-likeness (QED) is 0.622. The van der Waals surface area contributed by atoms with Gasteiger partial charge in [-0.2, -0.15) is 0 Å². The average Bonchev–Trinajstić information content (AvgIpc) is 2.59. The maximum atomic E-state index is 12.1. The second-order valence-electron chi connectivity index (χ2n) is 5.69. The third-order valence-corrected chi connectivity index (χ3v) is 4.44. The van der Waals surface area contributed by atoms with E-state index in [1.807, 2.05) is 0 Å². The number of carbonyl (C=O) groups excluding carboxylic acids is 3. The number of benzene rings is 1. The molecule has 1 saturated heterocycles. The number of ether oxygens (including phenoxy) is 1. The number of likely N-dealkylation sites (tertiary alicyclic amines) is 1. The molecular formula is C17H18Cl2N2O4. The summed E-state index contributed by atoms with van der Waals surface area (Å²) in [6.45, 7) is 0.404. The molecule has 1 aliphatic rings. The van der Waals surface area contributed by atoms with Gasteiger partial charge in [0, 0.05) is 29.2 Å². The summed E-state index contributed by atoms with van der Waals surface area (Å²) in [6, 6.07) is 4.87. The van der Waals surface area contributed by atoms with Crippen molar-refractivity contribution in [2.45, 2.75) is 12.8 Å². The lowest BCUT2D eigenvalue weighted by Gasteiger charge is -2.30. The van der Waals surface area contributed by atoms with E-state index in [-0.39, 0.29) is 25.0 Å². The number of primary amides is 1. The van der Waals surface area contributed by atoms with Gasteiger partial charge in [-0.1, -0.05) is 29.3 Å². The van der Waals surface area contributed by atoms with Gasteiger partial charge in [-0.3, -0.25) is 9.59 Å². The minimum atomic E-state index is -0.664. The van der Waals surface area contributed by atoms with Gasteiger partial charge in [0.1, 0.15) is 0 Å². The van der Waals surface area contributed by atoms with Crippen LogP contribution >= 0.6 is 23.2 Å². The molecule has 0 unspecified atom stereocenters. The van der Waals surface area contributed by atoms with Crippen molar-refractivity contribution in [2.75, 3.05) is 19.7 Å². The molecule has 2 N–H and O–H groups in total. The predicted octanol–water partition coefficient (Wildman–Crippen LogP) is 2.27. The Bertz CT molecular complexity index is 706. The monoisotopic (exact) mass is 384 g/mol. The second kappa shape index (κ2) is 8.87. The summed E-state index contributed by atoms with van der Waals surface area (Å²) in [5, 5.41) is 0.893. The first-order valence-corrected chi connectivity index (χ1v) is 8.49. The summed E-state index contributed by atoms with van der Waals surface area (Å²) in [7, 11) is 0. The molecule has 0 radical (unpaired) electrons. The summed E-state index contributed by atoms with van der Waals surface area (Å²) in [5.74, 6) is -1.78. The summed E-state index contributed by atoms with van der Waals surface area (Å²) >= 11 is 11.8. The number of rotatable bonds is 5. The highest BCUT2D eigenvalue weighted by molar-refractivity contribution is 6.35. The van der Waals surface area contributed by atoms with Crippen molar-refractivity contribution >= 4 is 47.1 Å². The SMILES string of the molecule is NC(=O)[C@@H]1CCCN(C(=O)COC(=O)/C=C/c2ccc(Cl)cc2Cl)C1. The number of carbonyl (C=O) groups is 3. The van der Waals surface area contributed by atoms with E-state index in [9.17, 15) is 14.4 Å². The van der Waals surface area contributed by atoms with Crippen LogP contribution in [-0.2, 0) is 19.1 Å². The van der Waals surface area contributed by atoms with Crippen molar-refractivity contribution in [3.63, 3.8) is 0 Å². The smallest absolute Gasteiger partial charge is 0.331 e. The normalized spacial score (nSPS) is 17.5. The highest BCUT2D eigenvalue weighted by Gasteiger charge is 2.27. The molecule has 0 spiro atoms. The van der Waals surface area contributed by atoms with Crippen molar-refractivity contribution in [3.05, 3.63) is 39.9 Å². The van der Waals surface area contributed by atoms with Gasteiger partial charge in [0.25, 0.3) is 5.91 Å². The fourth-order valence-electron chi connectivity index (χ4n) is 2.50. The van der Waals surface area contributed by atoms with Crippen LogP contribution in [-0.4, -0.2) is 42.4 Å². The molecule has 1 fully saturated rings. The average molecular weight is 385 g/mol. The topological polar surface area (TPSA) is 89.7 Å². The minimum Gasteiger partial charge on any atom is -0.452 e. The Hall–Kier alpha value is -2.05. The highest BCUT2D eigenvalue weighted by atomic mass is 35.5. The number of hydrogen-bond acceptors (Lipinski definition) is 4. The Labute approximate surface area is 155 Å². The Morgan fingerprint density at radius 3 is 2.76 bits per heavy atom. The highest BCUT2D eigenvalue weighted by Crippen LogP contribution is 2.22. The lowest BCUT2D eigenvalue weighted by atomic mass is 9.97.